The molecule has 0 spiro atoms. The first kappa shape index (κ1) is 8.50. The van der Waals surface area contributed by atoms with E-state index in [0.717, 1.165) is 13.2 Å². The molecule has 0 aromatic carbocycles. The molecule has 2 nitrogen and oxygen atoms in total. The monoisotopic (exact) mass is 153 g/mol. The molecule has 0 heterocycles. The maximum atomic E-state index is 5.55. The van der Waals surface area contributed by atoms with Crippen LogP contribution in [0.2, 0.25) is 0 Å². The quantitative estimate of drug-likeness (QED) is 0.617. The molecule has 0 bridgehead atoms. The second kappa shape index (κ2) is 3.69. The van der Waals surface area contributed by atoms with E-state index in [1.165, 1.54) is 0 Å². The van der Waals surface area contributed by atoms with Crippen molar-refractivity contribution in [2.24, 2.45) is 0 Å². The van der Waals surface area contributed by atoms with Gasteiger partial charge in [0, 0.05) is 6.61 Å². The second-order valence-electron chi connectivity index (χ2n) is 2.47. The van der Waals surface area contributed by atoms with Gasteiger partial charge in [-0.15, -0.1) is 0 Å². The van der Waals surface area contributed by atoms with Gasteiger partial charge in [0.05, 0.1) is 0 Å². The lowest BCUT2D eigenvalue weighted by Crippen LogP contribution is -2.43. The molecule has 0 atom stereocenters. The molecule has 0 saturated carbocycles. The zero-order valence-electron chi connectivity index (χ0n) is 7.13. The Morgan fingerprint density at radius 3 is 2.36 bits per heavy atom. The minimum absolute atomic E-state index is 0.316. The third-order valence-electron chi connectivity index (χ3n) is 1.64. The van der Waals surface area contributed by atoms with Gasteiger partial charge in [-0.25, -0.2) is 0 Å². The van der Waals surface area contributed by atoms with Gasteiger partial charge in [0.1, 0.15) is 0 Å². The highest BCUT2D eigenvalue weighted by atomic mass is 16.5. The number of hydrogen-bond donors (Lipinski definition) is 1. The van der Waals surface area contributed by atoms with Crippen LogP contribution in [0, 0.1) is 0 Å². The highest BCUT2D eigenvalue weighted by molar-refractivity contribution is 5.26. The van der Waals surface area contributed by atoms with E-state index in [-0.39, 0.29) is 5.72 Å². The molecule has 0 radical (unpaired) electrons. The van der Waals surface area contributed by atoms with Gasteiger partial charge in [-0.05, 0) is 25.6 Å². The fourth-order valence-corrected chi connectivity index (χ4v) is 1.23. The summed E-state index contributed by atoms with van der Waals surface area (Å²) in [6.45, 7) is 5.70. The van der Waals surface area contributed by atoms with Crippen molar-refractivity contribution in [3.05, 3.63) is 24.3 Å². The Morgan fingerprint density at radius 2 is 1.91 bits per heavy atom. The Hall–Kier alpha value is -0.600. The van der Waals surface area contributed by atoms with E-state index in [1.54, 1.807) is 0 Å². The van der Waals surface area contributed by atoms with Gasteiger partial charge in [0.2, 0.25) is 0 Å². The van der Waals surface area contributed by atoms with E-state index in [4.69, 9.17) is 4.74 Å². The molecule has 1 rings (SSSR count). The lowest BCUT2D eigenvalue weighted by atomic mass is 10.2. The van der Waals surface area contributed by atoms with Crippen molar-refractivity contribution in [2.45, 2.75) is 19.6 Å². The summed E-state index contributed by atoms with van der Waals surface area (Å²) in [5.41, 5.74) is -0.316. The highest BCUT2D eigenvalue weighted by Crippen LogP contribution is 2.16. The summed E-state index contributed by atoms with van der Waals surface area (Å²) in [6.07, 6.45) is 8.05. The molecule has 0 aromatic heterocycles. The van der Waals surface area contributed by atoms with Crippen LogP contribution < -0.4 is 5.32 Å². The molecular formula is C9H15NO. The van der Waals surface area contributed by atoms with Gasteiger partial charge < -0.3 is 4.74 Å². The van der Waals surface area contributed by atoms with Crippen LogP contribution in [0.1, 0.15) is 13.8 Å². The first-order chi connectivity index (χ1) is 5.33. The average Bonchev–Trinajstić information content (AvgIpc) is 2.39. The van der Waals surface area contributed by atoms with Gasteiger partial charge in [0.15, 0.2) is 5.72 Å². The van der Waals surface area contributed by atoms with Crippen molar-refractivity contribution in [3.8, 4) is 0 Å². The van der Waals surface area contributed by atoms with Crippen molar-refractivity contribution in [2.75, 3.05) is 13.2 Å². The molecule has 1 aliphatic rings. The minimum Gasteiger partial charge on any atom is -0.354 e. The van der Waals surface area contributed by atoms with Crippen LogP contribution in [0.4, 0.5) is 0 Å². The van der Waals surface area contributed by atoms with Gasteiger partial charge in [0.25, 0.3) is 0 Å². The molecule has 0 saturated heterocycles. The zero-order chi connectivity index (χ0) is 8.16. The van der Waals surface area contributed by atoms with Crippen LogP contribution in [0.25, 0.3) is 0 Å². The van der Waals surface area contributed by atoms with Crippen LogP contribution in [-0.2, 0) is 4.74 Å². The first-order valence-corrected chi connectivity index (χ1v) is 4.09. The van der Waals surface area contributed by atoms with Crippen molar-refractivity contribution in [3.63, 3.8) is 0 Å². The molecule has 2 heteroatoms. The Morgan fingerprint density at radius 1 is 1.27 bits per heavy atom. The summed E-state index contributed by atoms with van der Waals surface area (Å²) >= 11 is 0. The minimum atomic E-state index is -0.316. The summed E-state index contributed by atoms with van der Waals surface area (Å²) in [7, 11) is 0. The smallest absolute Gasteiger partial charge is 0.158 e. The number of rotatable bonds is 4. The lowest BCUT2D eigenvalue weighted by Gasteiger charge is -2.25. The molecule has 1 N–H and O–H groups in total. The van der Waals surface area contributed by atoms with Gasteiger partial charge in [-0.3, -0.25) is 5.32 Å². The zero-order valence-corrected chi connectivity index (χ0v) is 7.13. The molecular weight excluding hydrogens is 138 g/mol. The van der Waals surface area contributed by atoms with E-state index in [9.17, 15) is 0 Å². The van der Waals surface area contributed by atoms with Crippen LogP contribution in [0.5, 0.6) is 0 Å². The standard InChI is InChI=1S/C9H15NO/c1-3-10-9(11-4-2)7-5-6-8-9/h5-8,10H,3-4H2,1-2H3. The maximum absolute atomic E-state index is 5.55. The fraction of sp³-hybridized carbons (Fsp3) is 0.556. The van der Waals surface area contributed by atoms with Crippen molar-refractivity contribution in [1.29, 1.82) is 0 Å². The maximum Gasteiger partial charge on any atom is 0.158 e. The van der Waals surface area contributed by atoms with E-state index in [1.807, 2.05) is 31.2 Å². The summed E-state index contributed by atoms with van der Waals surface area (Å²) in [6, 6.07) is 0. The molecule has 0 unspecified atom stereocenters. The number of allylic oxidation sites excluding steroid dienone is 2. The SMILES string of the molecule is CCNC1(OCC)C=CC=C1. The van der Waals surface area contributed by atoms with Crippen LogP contribution in [0.15, 0.2) is 24.3 Å². The number of likely N-dealkylation sites (N-methyl/N-ethyl adjacent to an activating group) is 1. The summed E-state index contributed by atoms with van der Waals surface area (Å²) < 4.78 is 5.55. The van der Waals surface area contributed by atoms with Gasteiger partial charge in [-0.2, -0.15) is 0 Å². The molecule has 0 aliphatic heterocycles. The Kier molecular flexibility index (Phi) is 2.85. The average molecular weight is 153 g/mol. The predicted octanol–water partition coefficient (Wildman–Crippen LogP) is 1.45. The third-order valence-corrected chi connectivity index (χ3v) is 1.64. The predicted molar refractivity (Wildman–Crippen MR) is 46.3 cm³/mol. The van der Waals surface area contributed by atoms with Crippen molar-refractivity contribution in [1.82, 2.24) is 5.32 Å². The molecule has 0 fully saturated rings. The van der Waals surface area contributed by atoms with Crippen LogP contribution >= 0.6 is 0 Å². The van der Waals surface area contributed by atoms with Crippen LogP contribution in [0.3, 0.4) is 0 Å². The largest absolute Gasteiger partial charge is 0.354 e. The Labute approximate surface area is 67.9 Å². The topological polar surface area (TPSA) is 21.3 Å². The summed E-state index contributed by atoms with van der Waals surface area (Å²) in [4.78, 5) is 0. The molecule has 62 valence electrons. The van der Waals surface area contributed by atoms with Gasteiger partial charge >= 0.3 is 0 Å². The summed E-state index contributed by atoms with van der Waals surface area (Å²) in [5, 5.41) is 3.26. The molecule has 0 amide bonds. The molecule has 1 aliphatic carbocycles. The Balaban J connectivity index is 2.56. The highest BCUT2D eigenvalue weighted by Gasteiger charge is 2.24. The molecule has 11 heavy (non-hydrogen) atoms. The number of hydrogen-bond acceptors (Lipinski definition) is 2. The van der Waals surface area contributed by atoms with Crippen LogP contribution in [-0.4, -0.2) is 18.9 Å². The normalized spacial score (nSPS) is 19.5. The van der Waals surface area contributed by atoms with E-state index in [2.05, 4.69) is 12.2 Å². The van der Waals surface area contributed by atoms with E-state index >= 15 is 0 Å². The van der Waals surface area contributed by atoms with Crippen molar-refractivity contribution >= 4 is 0 Å². The summed E-state index contributed by atoms with van der Waals surface area (Å²) in [5.74, 6) is 0. The second-order valence-corrected chi connectivity index (χ2v) is 2.47. The first-order valence-electron chi connectivity index (χ1n) is 4.09. The van der Waals surface area contributed by atoms with Gasteiger partial charge in [-0.1, -0.05) is 19.1 Å². The number of nitrogens with one attached hydrogen (secondary N) is 1. The van der Waals surface area contributed by atoms with E-state index in [0.29, 0.717) is 0 Å². The lowest BCUT2D eigenvalue weighted by molar-refractivity contribution is 0.0138. The third kappa shape index (κ3) is 1.91. The van der Waals surface area contributed by atoms with E-state index < -0.39 is 0 Å². The number of ether oxygens (including phenoxy) is 1. The molecule has 0 aromatic rings. The Bertz CT molecular complexity index is 152. The van der Waals surface area contributed by atoms with Crippen molar-refractivity contribution < 1.29 is 4.74 Å². The fourth-order valence-electron chi connectivity index (χ4n) is 1.23.